The first-order valence-electron chi connectivity index (χ1n) is 8.69. The van der Waals surface area contributed by atoms with Gasteiger partial charge >= 0.3 is 0 Å². The van der Waals surface area contributed by atoms with Gasteiger partial charge in [0.2, 0.25) is 0 Å². The highest BCUT2D eigenvalue weighted by atomic mass is 32.1. The molecule has 26 heavy (non-hydrogen) atoms. The Morgan fingerprint density at radius 1 is 1.27 bits per heavy atom. The summed E-state index contributed by atoms with van der Waals surface area (Å²) in [7, 11) is 1.63. The van der Waals surface area contributed by atoms with Gasteiger partial charge in [0.05, 0.1) is 22.9 Å². The fourth-order valence-corrected chi connectivity index (χ4v) is 4.61. The van der Waals surface area contributed by atoms with E-state index in [1.807, 2.05) is 24.4 Å². The summed E-state index contributed by atoms with van der Waals surface area (Å²) >= 11 is 1.41. The highest BCUT2D eigenvalue weighted by Crippen LogP contribution is 2.46. The van der Waals surface area contributed by atoms with Crippen molar-refractivity contribution in [1.82, 2.24) is 19.9 Å². The van der Waals surface area contributed by atoms with Crippen molar-refractivity contribution in [3.05, 3.63) is 35.6 Å². The molecule has 134 valence electrons. The smallest absolute Gasteiger partial charge is 0.264 e. The lowest BCUT2D eigenvalue weighted by Crippen LogP contribution is -2.57. The van der Waals surface area contributed by atoms with Crippen LogP contribution in [0.4, 0.5) is 5.82 Å². The maximum atomic E-state index is 13.0. The van der Waals surface area contributed by atoms with Crippen molar-refractivity contribution >= 4 is 34.1 Å². The second kappa shape index (κ2) is 5.70. The van der Waals surface area contributed by atoms with Crippen molar-refractivity contribution in [3.8, 4) is 5.06 Å². The van der Waals surface area contributed by atoms with Gasteiger partial charge < -0.3 is 19.5 Å². The summed E-state index contributed by atoms with van der Waals surface area (Å²) in [4.78, 5) is 30.1. The monoisotopic (exact) mass is 369 g/mol. The lowest BCUT2D eigenvalue weighted by Gasteiger charge is -2.42. The average Bonchev–Trinajstić information content (AvgIpc) is 3.11. The number of carbonyl (C=O) groups excluding carboxylic acids is 1. The van der Waals surface area contributed by atoms with Crippen LogP contribution in [0.3, 0.4) is 0 Å². The molecule has 5 rings (SSSR count). The molecule has 0 aromatic carbocycles. The van der Waals surface area contributed by atoms with Gasteiger partial charge in [0, 0.05) is 25.8 Å². The second-order valence-electron chi connectivity index (χ2n) is 6.86. The van der Waals surface area contributed by atoms with E-state index in [1.165, 1.54) is 11.3 Å². The van der Waals surface area contributed by atoms with Crippen molar-refractivity contribution in [1.29, 1.82) is 0 Å². The molecule has 1 aliphatic carbocycles. The number of nitrogens with zero attached hydrogens (tertiary/aromatic N) is 4. The lowest BCUT2D eigenvalue weighted by molar-refractivity contribution is 0.0629. The van der Waals surface area contributed by atoms with Crippen LogP contribution in [0.1, 0.15) is 22.5 Å². The number of aromatic nitrogens is 3. The number of hydrogen-bond acceptors (Lipinski definition) is 6. The maximum Gasteiger partial charge on any atom is 0.264 e. The Hall–Kier alpha value is -2.61. The highest BCUT2D eigenvalue weighted by Gasteiger charge is 2.53. The van der Waals surface area contributed by atoms with Crippen molar-refractivity contribution in [2.75, 3.05) is 31.6 Å². The van der Waals surface area contributed by atoms with Gasteiger partial charge in [-0.1, -0.05) is 11.3 Å². The molecular weight excluding hydrogens is 350 g/mol. The number of ether oxygens (including phenoxy) is 1. The Bertz CT molecular complexity index is 977. The van der Waals surface area contributed by atoms with Gasteiger partial charge in [0.1, 0.15) is 17.8 Å². The number of piperazine rings is 1. The number of nitrogens with one attached hydrogen (secondary N) is 1. The van der Waals surface area contributed by atoms with Crippen LogP contribution in [0.5, 0.6) is 5.06 Å². The van der Waals surface area contributed by atoms with Crippen LogP contribution in [-0.2, 0) is 0 Å². The molecule has 1 saturated carbocycles. The summed E-state index contributed by atoms with van der Waals surface area (Å²) in [5, 5.41) is 1.80. The predicted molar refractivity (Wildman–Crippen MR) is 100.0 cm³/mol. The number of anilines is 1. The third kappa shape index (κ3) is 2.36. The summed E-state index contributed by atoms with van der Waals surface area (Å²) in [6.07, 6.45) is 5.57. The van der Waals surface area contributed by atoms with Gasteiger partial charge in [0.25, 0.3) is 5.91 Å². The Labute approximate surface area is 154 Å². The molecule has 3 aromatic rings. The van der Waals surface area contributed by atoms with E-state index in [4.69, 9.17) is 4.74 Å². The molecule has 2 fully saturated rings. The van der Waals surface area contributed by atoms with E-state index < -0.39 is 0 Å². The molecule has 2 aliphatic rings. The van der Waals surface area contributed by atoms with Crippen molar-refractivity contribution < 1.29 is 9.53 Å². The summed E-state index contributed by atoms with van der Waals surface area (Å²) in [5.41, 5.74) is 0.782. The second-order valence-corrected chi connectivity index (χ2v) is 7.91. The molecule has 0 unspecified atom stereocenters. The minimum absolute atomic E-state index is 0.0693. The first-order valence-corrected chi connectivity index (χ1v) is 9.51. The standard InChI is InChI=1S/C18H19N5O2S/c1-25-14-3-2-13(26-14)17(24)23-9-8-22(10-18(23)5-6-18)16-12-4-7-19-15(12)20-11-21-16/h2-4,7,11H,5-6,8-10H2,1H3,(H,19,20,21). The molecule has 1 N–H and O–H groups in total. The summed E-state index contributed by atoms with van der Waals surface area (Å²) in [5.74, 6) is 1.07. The third-order valence-corrected chi connectivity index (χ3v) is 6.38. The fourth-order valence-electron chi connectivity index (χ4n) is 3.84. The van der Waals surface area contributed by atoms with Crippen molar-refractivity contribution in [2.45, 2.75) is 18.4 Å². The van der Waals surface area contributed by atoms with Crippen LogP contribution in [0.2, 0.25) is 0 Å². The zero-order valence-corrected chi connectivity index (χ0v) is 15.3. The zero-order valence-electron chi connectivity index (χ0n) is 14.4. The molecule has 1 aliphatic heterocycles. The van der Waals surface area contributed by atoms with Gasteiger partial charge in [0.15, 0.2) is 5.06 Å². The topological polar surface area (TPSA) is 74.3 Å². The quantitative estimate of drug-likeness (QED) is 0.768. The van der Waals surface area contributed by atoms with E-state index in [0.29, 0.717) is 6.54 Å². The van der Waals surface area contributed by atoms with Gasteiger partial charge in [-0.25, -0.2) is 9.97 Å². The van der Waals surface area contributed by atoms with Crippen LogP contribution >= 0.6 is 11.3 Å². The van der Waals surface area contributed by atoms with E-state index in [1.54, 1.807) is 13.4 Å². The van der Waals surface area contributed by atoms with E-state index in [-0.39, 0.29) is 11.4 Å². The third-order valence-electron chi connectivity index (χ3n) is 5.35. The van der Waals surface area contributed by atoms with E-state index in [0.717, 1.165) is 52.7 Å². The Kier molecular flexibility index (Phi) is 3.43. The largest absolute Gasteiger partial charge is 0.487 e. The fraction of sp³-hybridized carbons (Fsp3) is 0.389. The Morgan fingerprint density at radius 2 is 2.15 bits per heavy atom. The van der Waals surface area contributed by atoms with Gasteiger partial charge in [-0.15, -0.1) is 0 Å². The molecule has 3 aromatic heterocycles. The van der Waals surface area contributed by atoms with Gasteiger partial charge in [-0.3, -0.25) is 4.79 Å². The number of rotatable bonds is 3. The number of fused-ring (bicyclic) bond motifs is 1. The van der Waals surface area contributed by atoms with Crippen molar-refractivity contribution in [3.63, 3.8) is 0 Å². The molecule has 8 heteroatoms. The molecule has 0 radical (unpaired) electrons. The van der Waals surface area contributed by atoms with E-state index >= 15 is 0 Å². The molecule has 4 heterocycles. The van der Waals surface area contributed by atoms with Crippen LogP contribution in [0.25, 0.3) is 11.0 Å². The molecule has 0 bridgehead atoms. The van der Waals surface area contributed by atoms with Gasteiger partial charge in [-0.2, -0.15) is 0 Å². The average molecular weight is 369 g/mol. The molecular formula is C18H19N5O2S. The number of aromatic amines is 1. The zero-order chi connectivity index (χ0) is 17.7. The minimum Gasteiger partial charge on any atom is -0.487 e. The predicted octanol–water partition coefficient (Wildman–Crippen LogP) is 2.52. The van der Waals surface area contributed by atoms with E-state index in [2.05, 4.69) is 24.8 Å². The van der Waals surface area contributed by atoms with E-state index in [9.17, 15) is 4.79 Å². The number of thiophene rings is 1. The number of hydrogen-bond donors (Lipinski definition) is 1. The minimum atomic E-state index is -0.0693. The maximum absolute atomic E-state index is 13.0. The van der Waals surface area contributed by atoms with Crippen LogP contribution in [0, 0.1) is 0 Å². The molecule has 0 atom stereocenters. The lowest BCUT2D eigenvalue weighted by atomic mass is 10.1. The van der Waals surface area contributed by atoms with Gasteiger partial charge in [-0.05, 0) is 31.0 Å². The number of H-pyrrole nitrogens is 1. The number of methoxy groups -OCH3 is 1. The van der Waals surface area contributed by atoms with Crippen molar-refractivity contribution in [2.24, 2.45) is 0 Å². The Balaban J connectivity index is 1.41. The molecule has 1 spiro atoms. The first kappa shape index (κ1) is 15.6. The number of amides is 1. The Morgan fingerprint density at radius 3 is 2.92 bits per heavy atom. The summed E-state index contributed by atoms with van der Waals surface area (Å²) in [6.45, 7) is 2.29. The van der Waals surface area contributed by atoms with Crippen LogP contribution in [0.15, 0.2) is 30.7 Å². The van der Waals surface area contributed by atoms with Crippen LogP contribution in [-0.4, -0.2) is 58.0 Å². The summed E-state index contributed by atoms with van der Waals surface area (Å²) in [6, 6.07) is 5.74. The first-order chi connectivity index (χ1) is 12.7. The highest BCUT2D eigenvalue weighted by molar-refractivity contribution is 7.15. The molecule has 1 saturated heterocycles. The van der Waals surface area contributed by atoms with Crippen LogP contribution < -0.4 is 9.64 Å². The summed E-state index contributed by atoms with van der Waals surface area (Å²) < 4.78 is 5.23. The molecule has 1 amide bonds. The number of carbonyl (C=O) groups is 1. The SMILES string of the molecule is COc1ccc(C(=O)N2CCN(c3ncnc4[nH]ccc34)CC23CC3)s1. The molecule has 7 nitrogen and oxygen atoms in total. The normalized spacial score (nSPS) is 18.5.